The lowest BCUT2D eigenvalue weighted by Crippen LogP contribution is -2.38. The van der Waals surface area contributed by atoms with E-state index < -0.39 is 0 Å². The lowest BCUT2D eigenvalue weighted by atomic mass is 9.92. The smallest absolute Gasteiger partial charge is 0.254 e. The molecule has 0 saturated carbocycles. The Kier molecular flexibility index (Phi) is 9.90. The van der Waals surface area contributed by atoms with Crippen LogP contribution in [0.5, 0.6) is 0 Å². The van der Waals surface area contributed by atoms with Crippen molar-refractivity contribution < 1.29 is 9.59 Å². The molecule has 0 atom stereocenters. The Hall–Kier alpha value is -3.41. The number of nitrogens with zero attached hydrogens (tertiary/aromatic N) is 3. The summed E-state index contributed by atoms with van der Waals surface area (Å²) in [5, 5.41) is 7.91. The first kappa shape index (κ1) is 29.2. The van der Waals surface area contributed by atoms with Crippen LogP contribution < -0.4 is 5.32 Å². The van der Waals surface area contributed by atoms with Gasteiger partial charge < -0.3 is 10.2 Å². The summed E-state index contributed by atoms with van der Waals surface area (Å²) >= 11 is 0. The van der Waals surface area contributed by atoms with E-state index in [4.69, 9.17) is 5.10 Å². The zero-order chi connectivity index (χ0) is 27.9. The van der Waals surface area contributed by atoms with E-state index in [0.717, 1.165) is 41.8 Å². The predicted octanol–water partition coefficient (Wildman–Crippen LogP) is 7.01. The summed E-state index contributed by atoms with van der Waals surface area (Å²) in [4.78, 5) is 28.2. The van der Waals surface area contributed by atoms with E-state index in [1.54, 1.807) is 4.90 Å². The van der Waals surface area contributed by atoms with Gasteiger partial charge in [0, 0.05) is 23.6 Å². The summed E-state index contributed by atoms with van der Waals surface area (Å²) in [6, 6.07) is 15.8. The topological polar surface area (TPSA) is 67.2 Å². The van der Waals surface area contributed by atoms with Crippen molar-refractivity contribution in [2.24, 2.45) is 0 Å². The Morgan fingerprint density at radius 2 is 1.68 bits per heavy atom. The number of carbonyl (C=O) groups is 2. The summed E-state index contributed by atoms with van der Waals surface area (Å²) in [6.45, 7) is 15.1. The Morgan fingerprint density at radius 1 is 0.974 bits per heavy atom. The minimum atomic E-state index is -0.241. The van der Waals surface area contributed by atoms with Crippen LogP contribution in [0, 0.1) is 13.8 Å². The van der Waals surface area contributed by atoms with Crippen LogP contribution in [0.15, 0.2) is 48.5 Å². The fourth-order valence-corrected chi connectivity index (χ4v) is 4.44. The van der Waals surface area contributed by atoms with Crippen LogP contribution >= 0.6 is 0 Å². The maximum absolute atomic E-state index is 13.3. The second-order valence-corrected chi connectivity index (χ2v) is 11.2. The third-order valence-electron chi connectivity index (χ3n) is 6.93. The molecule has 6 nitrogen and oxygen atoms in total. The first-order valence-electron chi connectivity index (χ1n) is 13.9. The number of nitrogens with one attached hydrogen (secondary N) is 1. The highest BCUT2D eigenvalue weighted by atomic mass is 16.2. The summed E-state index contributed by atoms with van der Waals surface area (Å²) in [6.07, 6.45) is 5.34. The normalized spacial score (nSPS) is 11.4. The lowest BCUT2D eigenvalue weighted by Gasteiger charge is -2.22. The van der Waals surface area contributed by atoms with Gasteiger partial charge in [0.1, 0.15) is 12.4 Å². The number of benzene rings is 2. The minimum absolute atomic E-state index is 0.0201. The second-order valence-electron chi connectivity index (χ2n) is 11.2. The quantitative estimate of drug-likeness (QED) is 0.279. The van der Waals surface area contributed by atoms with Gasteiger partial charge in [0.15, 0.2) is 0 Å². The number of amides is 2. The molecule has 204 valence electrons. The number of rotatable bonds is 11. The summed E-state index contributed by atoms with van der Waals surface area (Å²) in [5.41, 5.74) is 5.74. The Balaban J connectivity index is 1.80. The first-order valence-corrected chi connectivity index (χ1v) is 13.9. The fourth-order valence-electron chi connectivity index (χ4n) is 4.44. The zero-order valence-corrected chi connectivity index (χ0v) is 24.2. The molecule has 0 unspecified atom stereocenters. The average Bonchev–Trinajstić information content (AvgIpc) is 3.29. The van der Waals surface area contributed by atoms with Crippen molar-refractivity contribution in [2.75, 3.05) is 18.4 Å². The van der Waals surface area contributed by atoms with Crippen molar-refractivity contribution in [3.63, 3.8) is 0 Å². The average molecular weight is 517 g/mol. The Bertz CT molecular complexity index is 1240. The van der Waals surface area contributed by atoms with Gasteiger partial charge in [-0.15, -0.1) is 0 Å². The number of aryl methyl sites for hydroxylation is 2. The van der Waals surface area contributed by atoms with E-state index in [2.05, 4.69) is 52.9 Å². The van der Waals surface area contributed by atoms with E-state index in [9.17, 15) is 9.59 Å². The molecule has 6 heteroatoms. The summed E-state index contributed by atoms with van der Waals surface area (Å²) in [5.74, 6) is 0.240. The molecule has 0 aliphatic carbocycles. The van der Waals surface area contributed by atoms with Gasteiger partial charge in [-0.25, -0.2) is 4.68 Å². The van der Waals surface area contributed by atoms with Gasteiger partial charge in [0.2, 0.25) is 5.91 Å². The number of aromatic nitrogens is 2. The largest absolute Gasteiger partial charge is 0.329 e. The number of unbranched alkanes of at least 4 members (excludes halogenated alkanes) is 2. The van der Waals surface area contributed by atoms with Gasteiger partial charge in [-0.05, 0) is 68.0 Å². The van der Waals surface area contributed by atoms with E-state index >= 15 is 0 Å². The van der Waals surface area contributed by atoms with Gasteiger partial charge in [-0.3, -0.25) is 9.59 Å². The van der Waals surface area contributed by atoms with Crippen molar-refractivity contribution in [2.45, 2.75) is 86.0 Å². The van der Waals surface area contributed by atoms with Gasteiger partial charge in [-0.2, -0.15) is 5.10 Å². The van der Waals surface area contributed by atoms with Gasteiger partial charge in [-0.1, -0.05) is 71.7 Å². The maximum atomic E-state index is 13.3. The minimum Gasteiger partial charge on any atom is -0.329 e. The standard InChI is InChI=1S/C32H44N4O2/c1-8-10-11-14-25-16-18-26(19-17-25)31(38)35(20-9-2)22-30(37)33-29-21-28(32(5,6)7)34-36(29)27-15-12-13-23(3)24(27)4/h12-13,15-19,21H,8-11,14,20,22H2,1-7H3,(H,33,37). The zero-order valence-electron chi connectivity index (χ0n) is 24.2. The van der Waals surface area contributed by atoms with Crippen molar-refractivity contribution in [3.8, 4) is 5.69 Å². The fraction of sp³-hybridized carbons (Fsp3) is 0.469. The van der Waals surface area contributed by atoms with Gasteiger partial charge in [0.05, 0.1) is 11.4 Å². The van der Waals surface area contributed by atoms with E-state index in [-0.39, 0.29) is 23.8 Å². The van der Waals surface area contributed by atoms with Crippen molar-refractivity contribution in [1.29, 1.82) is 0 Å². The van der Waals surface area contributed by atoms with Crippen LogP contribution in [0.3, 0.4) is 0 Å². The molecule has 0 spiro atoms. The third kappa shape index (κ3) is 7.33. The van der Waals surface area contributed by atoms with E-state index in [0.29, 0.717) is 17.9 Å². The highest BCUT2D eigenvalue weighted by Crippen LogP contribution is 2.28. The molecule has 0 saturated heterocycles. The maximum Gasteiger partial charge on any atom is 0.254 e. The molecule has 0 fully saturated rings. The van der Waals surface area contributed by atoms with Crippen LogP contribution in [-0.2, 0) is 16.6 Å². The molecule has 2 aromatic carbocycles. The van der Waals surface area contributed by atoms with Crippen LogP contribution in [0.4, 0.5) is 5.82 Å². The molecule has 0 radical (unpaired) electrons. The van der Waals surface area contributed by atoms with Crippen LogP contribution in [0.25, 0.3) is 5.69 Å². The van der Waals surface area contributed by atoms with Crippen LogP contribution in [-0.4, -0.2) is 39.6 Å². The van der Waals surface area contributed by atoms with Crippen molar-refractivity contribution in [3.05, 3.63) is 76.5 Å². The highest BCUT2D eigenvalue weighted by molar-refractivity contribution is 5.99. The monoisotopic (exact) mass is 516 g/mol. The molecule has 3 rings (SSSR count). The molecule has 38 heavy (non-hydrogen) atoms. The van der Waals surface area contributed by atoms with E-state index in [1.165, 1.54) is 18.4 Å². The molecule has 0 aliphatic heterocycles. The summed E-state index contributed by atoms with van der Waals surface area (Å²) < 4.78 is 1.81. The second kappa shape index (κ2) is 12.9. The molecule has 0 bridgehead atoms. The molecule has 2 amide bonds. The van der Waals surface area contributed by atoms with Crippen molar-refractivity contribution in [1.82, 2.24) is 14.7 Å². The van der Waals surface area contributed by atoms with Crippen LogP contribution in [0.2, 0.25) is 0 Å². The molecular weight excluding hydrogens is 472 g/mol. The number of carbonyl (C=O) groups excluding carboxylic acids is 2. The van der Waals surface area contributed by atoms with Gasteiger partial charge >= 0.3 is 0 Å². The molecule has 1 N–H and O–H groups in total. The van der Waals surface area contributed by atoms with Gasteiger partial charge in [0.25, 0.3) is 5.91 Å². The first-order chi connectivity index (χ1) is 18.0. The molecule has 1 heterocycles. The SMILES string of the molecule is CCCCCc1ccc(C(=O)N(CCC)CC(=O)Nc2cc(C(C)(C)C)nn2-c2cccc(C)c2C)cc1. The summed E-state index contributed by atoms with van der Waals surface area (Å²) in [7, 11) is 0. The lowest BCUT2D eigenvalue weighted by molar-refractivity contribution is -0.116. The highest BCUT2D eigenvalue weighted by Gasteiger charge is 2.24. The number of hydrogen-bond donors (Lipinski definition) is 1. The molecular formula is C32H44N4O2. The number of anilines is 1. The predicted molar refractivity (Wildman–Crippen MR) is 156 cm³/mol. The molecule has 3 aromatic rings. The van der Waals surface area contributed by atoms with E-state index in [1.807, 2.05) is 54.1 Å². The van der Waals surface area contributed by atoms with Crippen molar-refractivity contribution >= 4 is 17.6 Å². The third-order valence-corrected chi connectivity index (χ3v) is 6.93. The Labute approximate surface area is 228 Å². The van der Waals surface area contributed by atoms with Crippen LogP contribution in [0.1, 0.15) is 93.0 Å². The number of hydrogen-bond acceptors (Lipinski definition) is 3. The Morgan fingerprint density at radius 3 is 2.32 bits per heavy atom. The molecule has 0 aliphatic rings. The molecule has 1 aromatic heterocycles.